The average Bonchev–Trinajstić information content (AvgIpc) is 3.24. The molecule has 5 rings (SSSR count). The highest BCUT2D eigenvalue weighted by molar-refractivity contribution is 7.54. The number of urea groups is 1. The van der Waals surface area contributed by atoms with Crippen LogP contribution in [0, 0.1) is 5.92 Å². The molecule has 2 N–H and O–H groups in total. The Bertz CT molecular complexity index is 1330. The van der Waals surface area contributed by atoms with Crippen molar-refractivity contribution in [1.82, 2.24) is 10.2 Å². The van der Waals surface area contributed by atoms with Crippen molar-refractivity contribution < 1.29 is 42.5 Å². The van der Waals surface area contributed by atoms with Crippen molar-refractivity contribution >= 4 is 19.6 Å². The fraction of sp³-hybridized carbons (Fsp3) is 0.379. The molecule has 218 valence electrons. The zero-order valence-electron chi connectivity index (χ0n) is 22.6. The van der Waals surface area contributed by atoms with Crippen molar-refractivity contribution in [3.8, 4) is 5.75 Å². The van der Waals surface area contributed by atoms with E-state index in [4.69, 9.17) is 23.3 Å². The number of benzene rings is 2. The summed E-state index contributed by atoms with van der Waals surface area (Å²) in [5, 5.41) is 13.8. The molecule has 1 unspecified atom stereocenters. The summed E-state index contributed by atoms with van der Waals surface area (Å²) in [6.45, 7) is 5.42. The van der Waals surface area contributed by atoms with Crippen molar-refractivity contribution in [3.05, 3.63) is 90.8 Å². The Morgan fingerprint density at radius 2 is 1.90 bits per heavy atom. The number of carbonyl (C=O) groups excluding carboxylic acids is 2. The first kappa shape index (κ1) is 29.0. The number of carbonyl (C=O) groups is 2. The lowest BCUT2D eigenvalue weighted by Crippen LogP contribution is -2.63. The van der Waals surface area contributed by atoms with Gasteiger partial charge in [-0.05, 0) is 23.8 Å². The van der Waals surface area contributed by atoms with E-state index in [2.05, 4.69) is 11.9 Å². The number of aliphatic hydroxyl groups excluding tert-OH is 1. The molecule has 0 aromatic heterocycles. The van der Waals surface area contributed by atoms with E-state index in [1.165, 1.54) is 11.1 Å². The Kier molecular flexibility index (Phi) is 8.63. The third kappa shape index (κ3) is 6.39. The van der Waals surface area contributed by atoms with E-state index in [1.807, 2.05) is 30.3 Å². The van der Waals surface area contributed by atoms with Gasteiger partial charge >= 0.3 is 19.6 Å². The summed E-state index contributed by atoms with van der Waals surface area (Å²) in [4.78, 5) is 26.7. The van der Waals surface area contributed by atoms with Gasteiger partial charge in [-0.3, -0.25) is 14.2 Å². The molecule has 0 aliphatic carbocycles. The quantitative estimate of drug-likeness (QED) is 0.298. The van der Waals surface area contributed by atoms with Gasteiger partial charge in [0.15, 0.2) is 6.23 Å². The number of allylic oxidation sites excluding steroid dienone is 1. The molecule has 3 aliphatic rings. The Morgan fingerprint density at radius 3 is 2.54 bits per heavy atom. The molecule has 1 spiro atoms. The van der Waals surface area contributed by atoms with Crippen LogP contribution < -0.4 is 9.84 Å². The molecule has 6 atom stereocenters. The summed E-state index contributed by atoms with van der Waals surface area (Å²) in [7, 11) is -3.98. The van der Waals surface area contributed by atoms with Crippen LogP contribution in [0.4, 0.5) is 4.79 Å². The number of hydrogen-bond donors (Lipinski definition) is 2. The van der Waals surface area contributed by atoms with Crippen LogP contribution >= 0.6 is 7.60 Å². The minimum Gasteiger partial charge on any atom is -0.461 e. The smallest absolute Gasteiger partial charge is 0.380 e. The standard InChI is InChI=1S/C29H33N2O9P/c1-20(26(33)36-17-22-9-5-3-6-10-22)19-41(35,40-23-11-7-4-8-12-23)38-18-24-25(32)29(14-16-37-29)27(39-24)31-15-13-21(2)30-28(31)34/h3-13,15,20,24-25,27,32H,2,14,16-19H2,1H3,(H,30,34)/t20-,24-,25-,27-,29-,41?/m1/s1. The van der Waals surface area contributed by atoms with Crippen LogP contribution in [0.3, 0.4) is 0 Å². The Morgan fingerprint density at radius 1 is 1.22 bits per heavy atom. The fourth-order valence-corrected chi connectivity index (χ4v) is 6.78. The minimum atomic E-state index is -3.98. The normalized spacial score (nSPS) is 27.6. The average molecular weight is 585 g/mol. The summed E-state index contributed by atoms with van der Waals surface area (Å²) in [6, 6.07) is 17.2. The summed E-state index contributed by atoms with van der Waals surface area (Å²) in [6.07, 6.45) is 0.139. The first-order valence-corrected chi connectivity index (χ1v) is 15.0. The highest BCUT2D eigenvalue weighted by Gasteiger charge is 2.63. The van der Waals surface area contributed by atoms with Gasteiger partial charge in [-0.2, -0.15) is 0 Å². The van der Waals surface area contributed by atoms with Gasteiger partial charge in [-0.25, -0.2) is 9.36 Å². The van der Waals surface area contributed by atoms with E-state index in [9.17, 15) is 19.3 Å². The van der Waals surface area contributed by atoms with Crippen molar-refractivity contribution in [1.29, 1.82) is 0 Å². The predicted molar refractivity (Wildman–Crippen MR) is 148 cm³/mol. The number of aliphatic hydroxyl groups is 1. The van der Waals surface area contributed by atoms with E-state index in [-0.39, 0.29) is 19.4 Å². The summed E-state index contributed by atoms with van der Waals surface area (Å²) < 4.78 is 43.0. The van der Waals surface area contributed by atoms with Crippen LogP contribution in [0.5, 0.6) is 5.75 Å². The zero-order chi connectivity index (χ0) is 29.0. The Hall–Kier alpha value is -3.47. The lowest BCUT2D eigenvalue weighted by atomic mass is 9.86. The lowest BCUT2D eigenvalue weighted by molar-refractivity contribution is -0.227. The number of ether oxygens (including phenoxy) is 3. The van der Waals surface area contributed by atoms with Crippen LogP contribution in [-0.4, -0.2) is 65.4 Å². The highest BCUT2D eigenvalue weighted by atomic mass is 31.2. The molecule has 2 saturated heterocycles. The molecular weight excluding hydrogens is 551 g/mol. The number of esters is 1. The maximum absolute atomic E-state index is 14.0. The first-order valence-electron chi connectivity index (χ1n) is 13.3. The second-order valence-corrected chi connectivity index (χ2v) is 12.2. The van der Waals surface area contributed by atoms with Crippen LogP contribution in [-0.2, 0) is 34.7 Å². The maximum atomic E-state index is 14.0. The Balaban J connectivity index is 1.28. The zero-order valence-corrected chi connectivity index (χ0v) is 23.5. The summed E-state index contributed by atoms with van der Waals surface area (Å²) in [5.41, 5.74) is 0.0695. The molecule has 2 amide bonds. The van der Waals surface area contributed by atoms with Gasteiger partial charge in [0.05, 0.1) is 25.3 Å². The molecule has 2 aromatic rings. The van der Waals surface area contributed by atoms with Crippen molar-refractivity contribution in [2.45, 2.75) is 44.0 Å². The fourth-order valence-electron chi connectivity index (χ4n) is 4.91. The number of amides is 2. The molecule has 2 aromatic carbocycles. The molecule has 12 heteroatoms. The van der Waals surface area contributed by atoms with Crippen molar-refractivity contribution in [2.24, 2.45) is 5.92 Å². The second kappa shape index (κ2) is 12.2. The van der Waals surface area contributed by atoms with Crippen LogP contribution in [0.1, 0.15) is 18.9 Å². The first-order chi connectivity index (χ1) is 19.7. The van der Waals surface area contributed by atoms with Gasteiger partial charge in [0.2, 0.25) is 0 Å². The van der Waals surface area contributed by atoms with E-state index in [0.29, 0.717) is 24.5 Å². The predicted octanol–water partition coefficient (Wildman–Crippen LogP) is 3.95. The van der Waals surface area contributed by atoms with E-state index in [1.54, 1.807) is 43.3 Å². The maximum Gasteiger partial charge on any atom is 0.380 e. The van der Waals surface area contributed by atoms with Gasteiger partial charge in [0.25, 0.3) is 0 Å². The Labute approximate surface area is 238 Å². The molecule has 0 saturated carbocycles. The lowest BCUT2D eigenvalue weighted by Gasteiger charge is -2.46. The van der Waals surface area contributed by atoms with Gasteiger partial charge in [-0.15, -0.1) is 0 Å². The monoisotopic (exact) mass is 584 g/mol. The van der Waals surface area contributed by atoms with Crippen molar-refractivity contribution in [2.75, 3.05) is 19.4 Å². The van der Waals surface area contributed by atoms with E-state index >= 15 is 0 Å². The largest absolute Gasteiger partial charge is 0.461 e. The third-order valence-corrected chi connectivity index (χ3v) is 9.20. The van der Waals surface area contributed by atoms with Gasteiger partial charge in [0, 0.05) is 18.3 Å². The number of hydrogen-bond acceptors (Lipinski definition) is 9. The van der Waals surface area contributed by atoms with E-state index < -0.39 is 49.6 Å². The van der Waals surface area contributed by atoms with Crippen LogP contribution in [0.2, 0.25) is 0 Å². The number of nitrogens with one attached hydrogen (secondary N) is 1. The third-order valence-electron chi connectivity index (χ3n) is 7.18. The number of para-hydroxylation sites is 1. The van der Waals surface area contributed by atoms with Crippen LogP contribution in [0.25, 0.3) is 0 Å². The SMILES string of the molecule is C=C1C=CN([C@@H]2O[C@H](COP(=O)(C[C@@H](C)C(=O)OCc3ccccc3)Oc3ccccc3)[C@@H](O)[C@]23CCO3)C(=O)N1. The van der Waals surface area contributed by atoms with Gasteiger partial charge < -0.3 is 29.2 Å². The van der Waals surface area contributed by atoms with E-state index in [0.717, 1.165) is 5.56 Å². The van der Waals surface area contributed by atoms with Crippen molar-refractivity contribution in [3.63, 3.8) is 0 Å². The molecule has 0 radical (unpaired) electrons. The molecule has 0 bridgehead atoms. The molecule has 3 aliphatic heterocycles. The number of rotatable bonds is 11. The molecule has 3 heterocycles. The van der Waals surface area contributed by atoms with Crippen LogP contribution in [0.15, 0.2) is 85.2 Å². The summed E-state index contributed by atoms with van der Waals surface area (Å²) >= 11 is 0. The number of nitrogens with zero attached hydrogens (tertiary/aromatic N) is 1. The topological polar surface area (TPSA) is 133 Å². The highest BCUT2D eigenvalue weighted by Crippen LogP contribution is 2.52. The second-order valence-electron chi connectivity index (χ2n) is 10.2. The molecule has 41 heavy (non-hydrogen) atoms. The van der Waals surface area contributed by atoms with Gasteiger partial charge in [-0.1, -0.05) is 62.0 Å². The van der Waals surface area contributed by atoms with Gasteiger partial charge in [0.1, 0.15) is 30.2 Å². The molecular formula is C29H33N2O9P. The molecule has 2 fully saturated rings. The minimum absolute atomic E-state index is 0.0756. The summed E-state index contributed by atoms with van der Waals surface area (Å²) in [5.74, 6) is -1.09. The molecule has 11 nitrogen and oxygen atoms in total.